The summed E-state index contributed by atoms with van der Waals surface area (Å²) in [4.78, 5) is 0. The minimum absolute atomic E-state index is 0. The molecule has 3 nitrogen and oxygen atoms in total. The molecule has 0 aliphatic heterocycles. The van der Waals surface area contributed by atoms with Crippen LogP contribution in [0.1, 0.15) is 89.0 Å². The first-order chi connectivity index (χ1) is 14.8. The Kier molecular flexibility index (Phi) is 20.4. The second-order valence-electron chi connectivity index (χ2n) is 8.92. The Hall–Kier alpha value is -0.870. The number of aliphatic hydroxyl groups excluding tert-OH is 2. The molecule has 0 atom stereocenters. The third-order valence-corrected chi connectivity index (χ3v) is 6.30. The summed E-state index contributed by atoms with van der Waals surface area (Å²) in [5, 5.41) is 19.2. The molecule has 2 N–H and O–H groups in total. The molecule has 0 spiro atoms. The topological polar surface area (TPSA) is 40.5 Å². The largest absolute Gasteiger partial charge is 1.00 e. The van der Waals surface area contributed by atoms with Gasteiger partial charge in [-0.15, -0.1) is 6.58 Å². The van der Waals surface area contributed by atoms with Gasteiger partial charge in [0, 0.05) is 5.56 Å². The van der Waals surface area contributed by atoms with Crippen molar-refractivity contribution in [2.24, 2.45) is 0 Å². The van der Waals surface area contributed by atoms with Crippen LogP contribution in [-0.2, 0) is 6.54 Å². The number of halogens is 1. The van der Waals surface area contributed by atoms with E-state index < -0.39 is 0 Å². The highest BCUT2D eigenvalue weighted by Gasteiger charge is 2.26. The monoisotopic (exact) mass is 453 g/mol. The minimum atomic E-state index is 0. The van der Waals surface area contributed by atoms with Crippen molar-refractivity contribution in [2.45, 2.75) is 90.0 Å². The van der Waals surface area contributed by atoms with Crippen LogP contribution in [0.15, 0.2) is 43.0 Å². The lowest BCUT2D eigenvalue weighted by molar-refractivity contribution is -0.941. The van der Waals surface area contributed by atoms with E-state index in [1.807, 2.05) is 12.1 Å². The van der Waals surface area contributed by atoms with Crippen molar-refractivity contribution in [3.63, 3.8) is 0 Å². The van der Waals surface area contributed by atoms with Crippen molar-refractivity contribution in [1.29, 1.82) is 0 Å². The Bertz CT molecular complexity index is 503. The van der Waals surface area contributed by atoms with Gasteiger partial charge in [0.2, 0.25) is 0 Å². The van der Waals surface area contributed by atoms with Crippen LogP contribution in [0.3, 0.4) is 0 Å². The standard InChI is InChI=1S/C27H48NO2.ClH/c1-2-3-4-5-6-7-8-9-10-11-12-13-14-18-21-28(22-24-29,23-25-30)26-27-19-16-15-17-20-27;/h2,15-17,19-20,29-30H,1,3-14,18,21-26H2;1H/q+1;/p-1. The van der Waals surface area contributed by atoms with Crippen LogP contribution >= 0.6 is 0 Å². The van der Waals surface area contributed by atoms with E-state index in [1.54, 1.807) is 0 Å². The van der Waals surface area contributed by atoms with Gasteiger partial charge in [-0.1, -0.05) is 94.2 Å². The molecule has 0 aliphatic rings. The normalized spacial score (nSPS) is 11.3. The number of allylic oxidation sites excluding steroid dienone is 1. The van der Waals surface area contributed by atoms with Crippen molar-refractivity contribution in [3.05, 3.63) is 48.6 Å². The number of benzene rings is 1. The van der Waals surface area contributed by atoms with E-state index in [2.05, 4.69) is 30.8 Å². The van der Waals surface area contributed by atoms with Crippen molar-refractivity contribution >= 4 is 0 Å². The Morgan fingerprint density at radius 3 is 1.55 bits per heavy atom. The number of hydrogen-bond donors (Lipinski definition) is 2. The maximum atomic E-state index is 9.62. The van der Waals surface area contributed by atoms with Gasteiger partial charge in [-0.2, -0.15) is 0 Å². The van der Waals surface area contributed by atoms with Crippen LogP contribution in [0.5, 0.6) is 0 Å². The van der Waals surface area contributed by atoms with Gasteiger partial charge in [-0.3, -0.25) is 0 Å². The first-order valence-corrected chi connectivity index (χ1v) is 12.5. The summed E-state index contributed by atoms with van der Waals surface area (Å²) in [5.74, 6) is 0. The van der Waals surface area contributed by atoms with Crippen molar-refractivity contribution in [2.75, 3.05) is 32.8 Å². The highest BCUT2D eigenvalue weighted by molar-refractivity contribution is 5.13. The highest BCUT2D eigenvalue weighted by atomic mass is 35.5. The highest BCUT2D eigenvalue weighted by Crippen LogP contribution is 2.18. The van der Waals surface area contributed by atoms with Crippen molar-refractivity contribution < 1.29 is 27.1 Å². The fourth-order valence-electron chi connectivity index (χ4n) is 4.47. The number of hydrogen-bond acceptors (Lipinski definition) is 2. The van der Waals surface area contributed by atoms with E-state index in [4.69, 9.17) is 0 Å². The zero-order valence-corrected chi connectivity index (χ0v) is 20.6. The van der Waals surface area contributed by atoms with Gasteiger partial charge in [0.05, 0.1) is 19.8 Å². The number of nitrogens with zero attached hydrogens (tertiary/aromatic N) is 1. The van der Waals surface area contributed by atoms with Crippen LogP contribution in [-0.4, -0.2) is 47.5 Å². The SMILES string of the molecule is C=CCCCCCCCCCCCCCC[N+](CCO)(CCO)Cc1ccccc1.[Cl-]. The smallest absolute Gasteiger partial charge is 0.104 e. The third-order valence-electron chi connectivity index (χ3n) is 6.30. The predicted molar refractivity (Wildman–Crippen MR) is 129 cm³/mol. The Morgan fingerprint density at radius 1 is 0.645 bits per heavy atom. The molecule has 0 aliphatic carbocycles. The van der Waals surface area contributed by atoms with Crippen LogP contribution in [0.2, 0.25) is 0 Å². The van der Waals surface area contributed by atoms with Gasteiger partial charge >= 0.3 is 0 Å². The molecule has 0 radical (unpaired) electrons. The Morgan fingerprint density at radius 2 is 1.10 bits per heavy atom. The predicted octanol–water partition coefficient (Wildman–Crippen LogP) is 3.25. The van der Waals surface area contributed by atoms with Gasteiger partial charge in [0.1, 0.15) is 19.6 Å². The zero-order chi connectivity index (χ0) is 21.8. The summed E-state index contributed by atoms with van der Waals surface area (Å²) in [6.45, 7) is 7.53. The van der Waals surface area contributed by atoms with E-state index in [0.29, 0.717) is 0 Å². The van der Waals surface area contributed by atoms with Crippen molar-refractivity contribution in [3.8, 4) is 0 Å². The Balaban J connectivity index is 0.00000900. The lowest BCUT2D eigenvalue weighted by Crippen LogP contribution is -3.00. The van der Waals surface area contributed by atoms with Crippen LogP contribution in [0.25, 0.3) is 0 Å². The van der Waals surface area contributed by atoms with E-state index in [0.717, 1.165) is 30.7 Å². The molecule has 0 heterocycles. The first kappa shape index (κ1) is 30.1. The second-order valence-corrected chi connectivity index (χ2v) is 8.92. The van der Waals surface area contributed by atoms with Crippen LogP contribution < -0.4 is 12.4 Å². The maximum absolute atomic E-state index is 9.62. The summed E-state index contributed by atoms with van der Waals surface area (Å²) < 4.78 is 0.795. The number of rotatable bonds is 21. The molecule has 1 aromatic carbocycles. The lowest BCUT2D eigenvalue weighted by atomic mass is 10.0. The quantitative estimate of drug-likeness (QED) is 0.170. The maximum Gasteiger partial charge on any atom is 0.104 e. The molecule has 31 heavy (non-hydrogen) atoms. The summed E-state index contributed by atoms with van der Waals surface area (Å²) in [6, 6.07) is 10.5. The molecule has 1 aromatic rings. The van der Waals surface area contributed by atoms with Gasteiger partial charge in [-0.05, 0) is 25.7 Å². The molecular weight excluding hydrogens is 406 g/mol. The minimum Gasteiger partial charge on any atom is -1.00 e. The number of unbranched alkanes of at least 4 members (excludes halogenated alkanes) is 12. The molecular formula is C27H48ClNO2. The zero-order valence-electron chi connectivity index (χ0n) is 19.8. The van der Waals surface area contributed by atoms with E-state index in [1.165, 1.54) is 89.0 Å². The molecule has 0 fully saturated rings. The fourth-order valence-corrected chi connectivity index (χ4v) is 4.47. The van der Waals surface area contributed by atoms with Gasteiger partial charge < -0.3 is 27.1 Å². The molecule has 1 rings (SSSR count). The first-order valence-electron chi connectivity index (χ1n) is 12.5. The number of aliphatic hydroxyl groups is 2. The molecule has 0 bridgehead atoms. The van der Waals surface area contributed by atoms with Crippen LogP contribution in [0.4, 0.5) is 0 Å². The molecule has 0 aromatic heterocycles. The average molecular weight is 454 g/mol. The van der Waals surface area contributed by atoms with Gasteiger partial charge in [0.25, 0.3) is 0 Å². The van der Waals surface area contributed by atoms with Gasteiger partial charge in [-0.25, -0.2) is 0 Å². The van der Waals surface area contributed by atoms with Crippen molar-refractivity contribution in [1.82, 2.24) is 0 Å². The average Bonchev–Trinajstić information content (AvgIpc) is 2.75. The number of quaternary nitrogens is 1. The molecule has 0 saturated heterocycles. The molecule has 180 valence electrons. The lowest BCUT2D eigenvalue weighted by Gasteiger charge is -2.38. The van der Waals surface area contributed by atoms with Crippen LogP contribution in [0, 0.1) is 0 Å². The van der Waals surface area contributed by atoms with E-state index in [-0.39, 0.29) is 25.6 Å². The third kappa shape index (κ3) is 15.6. The van der Waals surface area contributed by atoms with Gasteiger partial charge in [0.15, 0.2) is 0 Å². The molecule has 0 saturated carbocycles. The molecule has 4 heteroatoms. The van der Waals surface area contributed by atoms with E-state index in [9.17, 15) is 10.2 Å². The fraction of sp³-hybridized carbons (Fsp3) is 0.704. The Labute approximate surface area is 198 Å². The summed E-state index contributed by atoms with van der Waals surface area (Å²) in [7, 11) is 0. The van der Waals surface area contributed by atoms with E-state index >= 15 is 0 Å². The second kappa shape index (κ2) is 21.0. The summed E-state index contributed by atoms with van der Waals surface area (Å²) in [5.41, 5.74) is 1.29. The molecule has 0 amide bonds. The summed E-state index contributed by atoms with van der Waals surface area (Å²) in [6.07, 6.45) is 19.3. The summed E-state index contributed by atoms with van der Waals surface area (Å²) >= 11 is 0. The molecule has 0 unspecified atom stereocenters.